The van der Waals surface area contributed by atoms with Gasteiger partial charge < -0.3 is 9.80 Å². The summed E-state index contributed by atoms with van der Waals surface area (Å²) in [5, 5.41) is 5.64. The number of aromatic nitrogens is 4. The van der Waals surface area contributed by atoms with E-state index in [0.717, 1.165) is 53.9 Å². The molecule has 2 aromatic heterocycles. The molecule has 0 saturated carbocycles. The minimum atomic E-state index is 0.402. The minimum Gasteiger partial charge on any atom is -0.372 e. The zero-order valence-corrected chi connectivity index (χ0v) is 23.1. The van der Waals surface area contributed by atoms with Crippen LogP contribution in [0.2, 0.25) is 0 Å². The van der Waals surface area contributed by atoms with Gasteiger partial charge in [-0.1, -0.05) is 42.5 Å². The van der Waals surface area contributed by atoms with Crippen LogP contribution in [-0.2, 0) is 0 Å². The van der Waals surface area contributed by atoms with E-state index in [4.69, 9.17) is 15.1 Å². The molecule has 0 N–H and O–H groups in total. The largest absolute Gasteiger partial charge is 0.372 e. The summed E-state index contributed by atoms with van der Waals surface area (Å²) in [5.74, 6) is 1.10. The summed E-state index contributed by atoms with van der Waals surface area (Å²) in [5.41, 5.74) is 6.14. The van der Waals surface area contributed by atoms with Gasteiger partial charge in [0.1, 0.15) is 0 Å². The Balaban J connectivity index is 1.45. The molecule has 0 unspecified atom stereocenters. The van der Waals surface area contributed by atoms with Crippen molar-refractivity contribution in [2.24, 2.45) is 4.99 Å². The lowest BCUT2D eigenvalue weighted by atomic mass is 10.1. The first-order valence-corrected chi connectivity index (χ1v) is 13.7. The monoisotopic (exact) mass is 517 g/mol. The van der Waals surface area contributed by atoms with Crippen LogP contribution in [0.4, 0.5) is 17.3 Å². The molecule has 0 saturated heterocycles. The second-order valence-electron chi connectivity index (χ2n) is 9.25. The van der Waals surface area contributed by atoms with Gasteiger partial charge in [0.05, 0.1) is 5.52 Å². The highest BCUT2D eigenvalue weighted by Gasteiger charge is 2.11. The maximum atomic E-state index is 4.87. The summed E-state index contributed by atoms with van der Waals surface area (Å²) in [6.45, 7) is 12.6. The van der Waals surface area contributed by atoms with E-state index >= 15 is 0 Å². The lowest BCUT2D eigenvalue weighted by Gasteiger charge is -2.20. The van der Waals surface area contributed by atoms with Gasteiger partial charge in [-0.05, 0) is 81.3 Å². The molecule has 0 aliphatic rings. The first-order valence-electron chi connectivity index (χ1n) is 13.7. The van der Waals surface area contributed by atoms with Crippen LogP contribution in [0.25, 0.3) is 28.7 Å². The number of aliphatic imine (C=N–C) groups is 1. The van der Waals surface area contributed by atoms with Gasteiger partial charge in [0.25, 0.3) is 5.95 Å². The Morgan fingerprint density at radius 1 is 0.692 bits per heavy atom. The smallest absolute Gasteiger partial charge is 0.269 e. The normalized spacial score (nSPS) is 11.8. The molecule has 5 rings (SSSR count). The number of para-hydroxylation sites is 1. The quantitative estimate of drug-likeness (QED) is 0.189. The molecule has 198 valence electrons. The minimum absolute atomic E-state index is 0.402. The summed E-state index contributed by atoms with van der Waals surface area (Å²) in [6, 6.07) is 25.0. The lowest BCUT2D eigenvalue weighted by molar-refractivity contribution is 0.866. The van der Waals surface area contributed by atoms with Crippen molar-refractivity contribution >= 4 is 52.2 Å². The second-order valence-corrected chi connectivity index (χ2v) is 9.25. The Morgan fingerprint density at radius 2 is 1.28 bits per heavy atom. The van der Waals surface area contributed by atoms with Gasteiger partial charge in [-0.3, -0.25) is 0 Å². The first kappa shape index (κ1) is 26.1. The van der Waals surface area contributed by atoms with E-state index in [1.165, 1.54) is 11.4 Å². The van der Waals surface area contributed by atoms with Crippen molar-refractivity contribution in [2.45, 2.75) is 27.7 Å². The number of rotatable bonds is 10. The van der Waals surface area contributed by atoms with E-state index in [1.807, 2.05) is 36.6 Å². The lowest BCUT2D eigenvalue weighted by Crippen LogP contribution is -2.21. The van der Waals surface area contributed by atoms with Crippen LogP contribution in [0.5, 0.6) is 0 Å². The average Bonchev–Trinajstić information content (AvgIpc) is 3.42. The maximum Gasteiger partial charge on any atom is 0.269 e. The third kappa shape index (κ3) is 5.67. The van der Waals surface area contributed by atoms with Gasteiger partial charge in [0.2, 0.25) is 0 Å². The Morgan fingerprint density at radius 3 is 1.90 bits per heavy atom. The molecule has 7 heteroatoms. The van der Waals surface area contributed by atoms with E-state index in [0.29, 0.717) is 11.8 Å². The molecule has 5 aromatic rings. The molecule has 0 atom stereocenters. The van der Waals surface area contributed by atoms with E-state index in [-0.39, 0.29) is 0 Å². The van der Waals surface area contributed by atoms with Gasteiger partial charge in [0.15, 0.2) is 11.5 Å². The van der Waals surface area contributed by atoms with Gasteiger partial charge in [-0.2, -0.15) is 9.50 Å². The zero-order valence-electron chi connectivity index (χ0n) is 23.1. The number of hydrogen-bond acceptors (Lipinski definition) is 6. The predicted octanol–water partition coefficient (Wildman–Crippen LogP) is 6.89. The number of anilines is 2. The molecule has 7 nitrogen and oxygen atoms in total. The Bertz CT molecular complexity index is 1590. The van der Waals surface area contributed by atoms with Crippen molar-refractivity contribution in [1.82, 2.24) is 19.6 Å². The zero-order chi connectivity index (χ0) is 27.2. The third-order valence-corrected chi connectivity index (χ3v) is 6.99. The standard InChI is InChI=1S/C32H35N7/c1-5-37(6-2)26-18-13-24(14-19-26)17-22-30-34-29-12-10-9-11-28(29)31-35-32(36-39(30)31)33-23-25-15-20-27(21-16-25)38(7-3)8-4/h9-23H,5-8H2,1-4H3. The molecule has 0 bridgehead atoms. The predicted molar refractivity (Wildman–Crippen MR) is 164 cm³/mol. The van der Waals surface area contributed by atoms with Gasteiger partial charge >= 0.3 is 0 Å². The number of nitrogens with zero attached hydrogens (tertiary/aromatic N) is 7. The van der Waals surface area contributed by atoms with Crippen LogP contribution in [-0.4, -0.2) is 52.0 Å². The number of hydrogen-bond donors (Lipinski definition) is 0. The Hall–Kier alpha value is -4.52. The third-order valence-electron chi connectivity index (χ3n) is 6.99. The fourth-order valence-corrected chi connectivity index (χ4v) is 4.78. The highest BCUT2D eigenvalue weighted by molar-refractivity contribution is 5.92. The van der Waals surface area contributed by atoms with Gasteiger partial charge in [-0.25, -0.2) is 9.98 Å². The van der Waals surface area contributed by atoms with Crippen molar-refractivity contribution in [3.63, 3.8) is 0 Å². The van der Waals surface area contributed by atoms with Crippen LogP contribution in [0.15, 0.2) is 77.8 Å². The van der Waals surface area contributed by atoms with E-state index < -0.39 is 0 Å². The van der Waals surface area contributed by atoms with E-state index in [2.05, 4.69) is 97.1 Å². The Labute approximate surface area is 230 Å². The van der Waals surface area contributed by atoms with Crippen LogP contribution in [0, 0.1) is 0 Å². The van der Waals surface area contributed by atoms with Gasteiger partial charge in [-0.15, -0.1) is 5.10 Å². The summed E-state index contributed by atoms with van der Waals surface area (Å²) in [4.78, 5) is 18.9. The molecule has 0 amide bonds. The molecule has 0 aliphatic heterocycles. The first-order chi connectivity index (χ1) is 19.1. The maximum absolute atomic E-state index is 4.87. The van der Waals surface area contributed by atoms with E-state index in [1.54, 1.807) is 4.52 Å². The van der Waals surface area contributed by atoms with Crippen molar-refractivity contribution in [1.29, 1.82) is 0 Å². The van der Waals surface area contributed by atoms with Crippen LogP contribution in [0.1, 0.15) is 44.6 Å². The molecule has 0 radical (unpaired) electrons. The fraction of sp³-hybridized carbons (Fsp3) is 0.250. The molecule has 39 heavy (non-hydrogen) atoms. The second kappa shape index (κ2) is 11.9. The highest BCUT2D eigenvalue weighted by atomic mass is 15.4. The van der Waals surface area contributed by atoms with Crippen molar-refractivity contribution in [2.75, 3.05) is 36.0 Å². The number of benzene rings is 3. The van der Waals surface area contributed by atoms with Crippen LogP contribution in [0.3, 0.4) is 0 Å². The fourth-order valence-electron chi connectivity index (χ4n) is 4.78. The summed E-state index contributed by atoms with van der Waals surface area (Å²) in [6.07, 6.45) is 5.86. The van der Waals surface area contributed by atoms with Crippen molar-refractivity contribution in [3.05, 3.63) is 89.7 Å². The summed E-state index contributed by atoms with van der Waals surface area (Å²) < 4.78 is 1.78. The molecule has 2 heterocycles. The molecular formula is C32H35N7. The summed E-state index contributed by atoms with van der Waals surface area (Å²) >= 11 is 0. The topological polar surface area (TPSA) is 61.9 Å². The van der Waals surface area contributed by atoms with Crippen LogP contribution >= 0.6 is 0 Å². The summed E-state index contributed by atoms with van der Waals surface area (Å²) in [7, 11) is 0. The molecule has 0 spiro atoms. The Kier molecular flexibility index (Phi) is 7.96. The van der Waals surface area contributed by atoms with E-state index in [9.17, 15) is 0 Å². The van der Waals surface area contributed by atoms with Crippen molar-refractivity contribution in [3.8, 4) is 0 Å². The van der Waals surface area contributed by atoms with Crippen molar-refractivity contribution < 1.29 is 0 Å². The molecule has 0 aliphatic carbocycles. The molecule has 0 fully saturated rings. The average molecular weight is 518 g/mol. The molecular weight excluding hydrogens is 482 g/mol. The SMILES string of the molecule is CCN(CC)c1ccc(C=Cc2nc3ccccc3c3nc(N=Cc4ccc(N(CC)CC)cc4)nn23)cc1. The van der Waals surface area contributed by atoms with Gasteiger partial charge in [0, 0.05) is 49.2 Å². The number of fused-ring (bicyclic) bond motifs is 3. The highest BCUT2D eigenvalue weighted by Crippen LogP contribution is 2.22. The molecule has 3 aromatic carbocycles. The van der Waals surface area contributed by atoms with Crippen LogP contribution < -0.4 is 9.80 Å².